The van der Waals surface area contributed by atoms with Crippen molar-refractivity contribution < 1.29 is 18.8 Å². The Morgan fingerprint density at radius 2 is 1.87 bits per heavy atom. The van der Waals surface area contributed by atoms with E-state index in [4.69, 9.17) is 4.52 Å². The van der Waals surface area contributed by atoms with Crippen LogP contribution in [0.1, 0.15) is 40.5 Å². The summed E-state index contributed by atoms with van der Waals surface area (Å²) in [6.07, 6.45) is 0.886. The molecule has 0 aromatic heterocycles. The molecule has 1 atom stereocenters. The fraction of sp³-hybridized carbons (Fsp3) is 0.889. The largest absolute Gasteiger partial charge is 0.432 e. The monoisotopic (exact) mass is 237 g/mol. The number of nitrogens with one attached hydrogen (secondary N) is 1. The average molecular weight is 237 g/mol. The maximum atomic E-state index is 11.5. The molecule has 0 aliphatic rings. The van der Waals surface area contributed by atoms with Crippen molar-refractivity contribution in [1.29, 1.82) is 0 Å². The van der Waals surface area contributed by atoms with Crippen LogP contribution in [0.3, 0.4) is 0 Å². The maximum Gasteiger partial charge on any atom is 0.432 e. The fourth-order valence-corrected chi connectivity index (χ4v) is 2.29. The van der Waals surface area contributed by atoms with Crippen molar-refractivity contribution in [3.63, 3.8) is 0 Å². The van der Waals surface area contributed by atoms with Crippen LogP contribution in [0.15, 0.2) is 0 Å². The smallest absolute Gasteiger partial charge is 0.308 e. The Kier molecular flexibility index (Phi) is 6.10. The minimum atomic E-state index is -3.98. The SMILES string of the molecule is CCC(CC)C(=O)NP(=O)(O)OC(C)C. The molecule has 0 fully saturated rings. The van der Waals surface area contributed by atoms with E-state index >= 15 is 0 Å². The molecule has 15 heavy (non-hydrogen) atoms. The molecule has 5 nitrogen and oxygen atoms in total. The highest BCUT2D eigenvalue weighted by Crippen LogP contribution is 2.38. The molecule has 0 bridgehead atoms. The van der Waals surface area contributed by atoms with E-state index < -0.39 is 19.8 Å². The molecule has 1 unspecified atom stereocenters. The van der Waals surface area contributed by atoms with E-state index in [-0.39, 0.29) is 5.92 Å². The Hall–Kier alpha value is -0.380. The maximum absolute atomic E-state index is 11.5. The van der Waals surface area contributed by atoms with Gasteiger partial charge in [-0.15, -0.1) is 0 Å². The van der Waals surface area contributed by atoms with Crippen LogP contribution in [-0.2, 0) is 13.9 Å². The van der Waals surface area contributed by atoms with Gasteiger partial charge in [0.2, 0.25) is 5.91 Å². The normalized spacial score (nSPS) is 15.4. The summed E-state index contributed by atoms with van der Waals surface area (Å²) in [4.78, 5) is 20.8. The Labute approximate surface area is 90.8 Å². The standard InChI is InChI=1S/C9H20NO4P/c1-5-8(6-2)9(11)10-15(12,13)14-7(3)4/h7-8H,5-6H2,1-4H3,(H2,10,11,12,13). The molecule has 6 heteroatoms. The van der Waals surface area contributed by atoms with Gasteiger partial charge in [-0.05, 0) is 26.7 Å². The summed E-state index contributed by atoms with van der Waals surface area (Å²) in [6, 6.07) is 0. The van der Waals surface area contributed by atoms with Gasteiger partial charge in [0.15, 0.2) is 0 Å². The van der Waals surface area contributed by atoms with E-state index in [1.807, 2.05) is 18.9 Å². The first-order valence-corrected chi connectivity index (χ1v) is 6.73. The highest BCUT2D eigenvalue weighted by molar-refractivity contribution is 7.51. The molecule has 0 aromatic carbocycles. The molecule has 0 spiro atoms. The Bertz CT molecular complexity index is 250. The summed E-state index contributed by atoms with van der Waals surface area (Å²) in [7, 11) is -3.98. The Balaban J connectivity index is 4.32. The molecule has 0 rings (SSSR count). The van der Waals surface area contributed by atoms with Gasteiger partial charge < -0.3 is 4.89 Å². The Morgan fingerprint density at radius 1 is 1.40 bits per heavy atom. The van der Waals surface area contributed by atoms with Gasteiger partial charge in [0.05, 0.1) is 6.10 Å². The Morgan fingerprint density at radius 3 is 2.20 bits per heavy atom. The zero-order valence-electron chi connectivity index (χ0n) is 9.69. The van der Waals surface area contributed by atoms with Crippen molar-refractivity contribution in [2.45, 2.75) is 46.6 Å². The minimum absolute atomic E-state index is 0.235. The van der Waals surface area contributed by atoms with Gasteiger partial charge >= 0.3 is 7.75 Å². The van der Waals surface area contributed by atoms with Crippen LogP contribution in [0.5, 0.6) is 0 Å². The molecule has 0 radical (unpaired) electrons. The first kappa shape index (κ1) is 14.6. The number of hydrogen-bond donors (Lipinski definition) is 2. The van der Waals surface area contributed by atoms with Crippen LogP contribution < -0.4 is 5.09 Å². The molecule has 0 saturated carbocycles. The second kappa shape index (κ2) is 6.26. The van der Waals surface area contributed by atoms with Crippen molar-refractivity contribution >= 4 is 13.7 Å². The van der Waals surface area contributed by atoms with Crippen molar-refractivity contribution in [3.8, 4) is 0 Å². The van der Waals surface area contributed by atoms with Crippen LogP contribution in [0, 0.1) is 5.92 Å². The molecule has 2 N–H and O–H groups in total. The van der Waals surface area contributed by atoms with E-state index in [0.29, 0.717) is 12.8 Å². The molecule has 0 aliphatic carbocycles. The first-order chi connectivity index (χ1) is 6.82. The summed E-state index contributed by atoms with van der Waals surface area (Å²) in [5.41, 5.74) is 0. The highest BCUT2D eigenvalue weighted by Gasteiger charge is 2.27. The molecular weight excluding hydrogens is 217 g/mol. The van der Waals surface area contributed by atoms with Gasteiger partial charge in [-0.3, -0.25) is 14.4 Å². The predicted octanol–water partition coefficient (Wildman–Crippen LogP) is 2.06. The minimum Gasteiger partial charge on any atom is -0.308 e. The van der Waals surface area contributed by atoms with Crippen molar-refractivity contribution in [2.75, 3.05) is 0 Å². The van der Waals surface area contributed by atoms with E-state index in [1.54, 1.807) is 13.8 Å². The summed E-state index contributed by atoms with van der Waals surface area (Å²) < 4.78 is 16.1. The lowest BCUT2D eigenvalue weighted by Gasteiger charge is -2.18. The number of carbonyl (C=O) groups is 1. The molecule has 0 aliphatic heterocycles. The zero-order chi connectivity index (χ0) is 12.1. The van der Waals surface area contributed by atoms with Crippen LogP contribution >= 0.6 is 7.75 Å². The van der Waals surface area contributed by atoms with Crippen LogP contribution in [0.25, 0.3) is 0 Å². The lowest BCUT2D eigenvalue weighted by molar-refractivity contribution is -0.123. The molecule has 0 heterocycles. The molecule has 90 valence electrons. The lowest BCUT2D eigenvalue weighted by atomic mass is 10.0. The van der Waals surface area contributed by atoms with Gasteiger partial charge in [-0.1, -0.05) is 13.8 Å². The third kappa shape index (κ3) is 5.92. The van der Waals surface area contributed by atoms with Gasteiger partial charge in [0.1, 0.15) is 0 Å². The third-order valence-electron chi connectivity index (χ3n) is 1.96. The van der Waals surface area contributed by atoms with E-state index in [1.165, 1.54) is 0 Å². The second-order valence-electron chi connectivity index (χ2n) is 3.66. The van der Waals surface area contributed by atoms with Crippen molar-refractivity contribution in [3.05, 3.63) is 0 Å². The van der Waals surface area contributed by atoms with Crippen molar-refractivity contribution in [2.24, 2.45) is 5.92 Å². The topological polar surface area (TPSA) is 75.6 Å². The quantitative estimate of drug-likeness (QED) is 0.693. The van der Waals surface area contributed by atoms with Gasteiger partial charge in [0.25, 0.3) is 0 Å². The molecular formula is C9H20NO4P. The molecule has 1 amide bonds. The van der Waals surface area contributed by atoms with Crippen LogP contribution in [0.4, 0.5) is 0 Å². The number of hydrogen-bond acceptors (Lipinski definition) is 3. The second-order valence-corrected chi connectivity index (χ2v) is 5.14. The van der Waals surface area contributed by atoms with Crippen molar-refractivity contribution in [1.82, 2.24) is 5.09 Å². The van der Waals surface area contributed by atoms with Gasteiger partial charge in [-0.2, -0.15) is 0 Å². The summed E-state index contributed by atoms with van der Waals surface area (Å²) >= 11 is 0. The average Bonchev–Trinajstić information content (AvgIpc) is 2.02. The van der Waals surface area contributed by atoms with E-state index in [0.717, 1.165) is 0 Å². The number of carbonyl (C=O) groups excluding carboxylic acids is 1. The first-order valence-electron chi connectivity index (χ1n) is 5.15. The predicted molar refractivity (Wildman–Crippen MR) is 58.3 cm³/mol. The zero-order valence-corrected chi connectivity index (χ0v) is 10.6. The summed E-state index contributed by atoms with van der Waals surface area (Å²) in [5.74, 6) is -0.660. The third-order valence-corrected chi connectivity index (χ3v) is 3.17. The van der Waals surface area contributed by atoms with Gasteiger partial charge in [0, 0.05) is 5.92 Å². The number of rotatable bonds is 6. The highest BCUT2D eigenvalue weighted by atomic mass is 31.2. The fourth-order valence-electron chi connectivity index (χ4n) is 1.20. The van der Waals surface area contributed by atoms with Crippen LogP contribution in [-0.4, -0.2) is 16.9 Å². The summed E-state index contributed by atoms with van der Waals surface area (Å²) in [5, 5.41) is 2.04. The van der Waals surface area contributed by atoms with Crippen LogP contribution in [0.2, 0.25) is 0 Å². The van der Waals surface area contributed by atoms with E-state index in [2.05, 4.69) is 0 Å². The van der Waals surface area contributed by atoms with E-state index in [9.17, 15) is 14.3 Å². The van der Waals surface area contributed by atoms with Gasteiger partial charge in [-0.25, -0.2) is 4.57 Å². The summed E-state index contributed by atoms with van der Waals surface area (Å²) in [6.45, 7) is 6.98. The number of amides is 1. The lowest BCUT2D eigenvalue weighted by Crippen LogP contribution is -2.29. The molecule has 0 saturated heterocycles. The molecule has 0 aromatic rings.